The molecule has 0 spiro atoms. The lowest BCUT2D eigenvalue weighted by Crippen LogP contribution is -2.01. The van der Waals surface area contributed by atoms with Crippen LogP contribution in [0.15, 0.2) is 23.3 Å². The van der Waals surface area contributed by atoms with Gasteiger partial charge in [0.05, 0.1) is 11.3 Å². The number of carboxylic acids is 1. The molecule has 84 valence electrons. The number of nitrogens with one attached hydrogen (secondary N) is 1. The van der Waals surface area contributed by atoms with Crippen molar-refractivity contribution >= 4 is 40.0 Å². The van der Waals surface area contributed by atoms with Crippen LogP contribution in [0.3, 0.4) is 0 Å². The van der Waals surface area contributed by atoms with E-state index in [-0.39, 0.29) is 11.3 Å². The van der Waals surface area contributed by atoms with E-state index in [1.165, 1.54) is 18.2 Å². The topological polar surface area (TPSA) is 109 Å². The van der Waals surface area contributed by atoms with Crippen molar-refractivity contribution in [3.8, 4) is 12.1 Å². The Hall–Kier alpha value is -2.13. The molecule has 0 aromatic heterocycles. The van der Waals surface area contributed by atoms with E-state index < -0.39 is 5.97 Å². The number of hydrogen-bond donors (Lipinski definition) is 2. The fraction of sp³-hybridized carbons (Fsp3) is 0. The highest BCUT2D eigenvalue weighted by Crippen LogP contribution is 2.19. The molecule has 0 aliphatic heterocycles. The lowest BCUT2D eigenvalue weighted by atomic mass is 10.2. The summed E-state index contributed by atoms with van der Waals surface area (Å²) in [6.07, 6.45) is 0. The van der Waals surface area contributed by atoms with Crippen LogP contribution in [-0.4, -0.2) is 16.8 Å². The van der Waals surface area contributed by atoms with Crippen molar-refractivity contribution in [3.05, 3.63) is 27.3 Å². The maximum atomic E-state index is 10.7. The highest BCUT2D eigenvalue weighted by atomic mass is 127. The molecule has 1 rings (SSSR count). The summed E-state index contributed by atoms with van der Waals surface area (Å²) >= 11 is 1.93. The molecule has 2 N–H and O–H groups in total. The Kier molecular flexibility index (Phi) is 4.43. The van der Waals surface area contributed by atoms with Crippen LogP contribution in [0.5, 0.6) is 0 Å². The average Bonchev–Trinajstić information content (AvgIpc) is 2.31. The second-order valence-electron chi connectivity index (χ2n) is 2.80. The van der Waals surface area contributed by atoms with Crippen LogP contribution < -0.4 is 5.43 Å². The number of hydrazone groups is 1. The molecule has 0 saturated carbocycles. The Morgan fingerprint density at radius 2 is 2.06 bits per heavy atom. The van der Waals surface area contributed by atoms with Gasteiger partial charge >= 0.3 is 5.97 Å². The molecule has 6 nitrogen and oxygen atoms in total. The van der Waals surface area contributed by atoms with Crippen molar-refractivity contribution < 1.29 is 9.90 Å². The molecule has 0 amide bonds. The van der Waals surface area contributed by atoms with Gasteiger partial charge < -0.3 is 5.11 Å². The predicted molar refractivity (Wildman–Crippen MR) is 68.4 cm³/mol. The molecule has 0 radical (unpaired) electrons. The highest BCUT2D eigenvalue weighted by Gasteiger charge is 2.06. The highest BCUT2D eigenvalue weighted by molar-refractivity contribution is 14.1. The Bertz CT molecular complexity index is 553. The van der Waals surface area contributed by atoms with Gasteiger partial charge in [-0.3, -0.25) is 5.43 Å². The molecule has 1 aromatic carbocycles. The summed E-state index contributed by atoms with van der Waals surface area (Å²) < 4.78 is 0.626. The van der Waals surface area contributed by atoms with Crippen LogP contribution in [0.2, 0.25) is 0 Å². The average molecular weight is 340 g/mol. The van der Waals surface area contributed by atoms with Crippen molar-refractivity contribution in [2.45, 2.75) is 0 Å². The summed E-state index contributed by atoms with van der Waals surface area (Å²) in [5.41, 5.74) is 2.90. The Morgan fingerprint density at radius 1 is 1.41 bits per heavy atom. The molecular formula is C10H5IN4O2. The van der Waals surface area contributed by atoms with E-state index >= 15 is 0 Å². The molecule has 0 saturated heterocycles. The van der Waals surface area contributed by atoms with E-state index in [0.29, 0.717) is 9.26 Å². The summed E-state index contributed by atoms with van der Waals surface area (Å²) in [6.45, 7) is 0. The quantitative estimate of drug-likeness (QED) is 0.495. The fourth-order valence-corrected chi connectivity index (χ4v) is 1.57. The number of nitriles is 2. The van der Waals surface area contributed by atoms with Crippen molar-refractivity contribution in [1.29, 1.82) is 10.5 Å². The zero-order valence-corrected chi connectivity index (χ0v) is 10.5. The molecule has 17 heavy (non-hydrogen) atoms. The Morgan fingerprint density at radius 3 is 2.53 bits per heavy atom. The second kappa shape index (κ2) is 5.82. The zero-order valence-electron chi connectivity index (χ0n) is 8.31. The van der Waals surface area contributed by atoms with Gasteiger partial charge in [-0.05, 0) is 40.8 Å². The van der Waals surface area contributed by atoms with E-state index in [0.717, 1.165) is 0 Å². The van der Waals surface area contributed by atoms with Crippen molar-refractivity contribution in [3.63, 3.8) is 0 Å². The van der Waals surface area contributed by atoms with Gasteiger partial charge in [0.1, 0.15) is 12.1 Å². The number of carbonyl (C=O) groups is 1. The van der Waals surface area contributed by atoms with Crippen LogP contribution in [0.1, 0.15) is 10.4 Å². The van der Waals surface area contributed by atoms with Gasteiger partial charge in [-0.1, -0.05) is 0 Å². The zero-order chi connectivity index (χ0) is 12.8. The molecule has 0 aliphatic rings. The second-order valence-corrected chi connectivity index (χ2v) is 3.96. The Balaban J connectivity index is 2.96. The van der Waals surface area contributed by atoms with Gasteiger partial charge in [-0.15, -0.1) is 0 Å². The number of rotatable bonds is 3. The van der Waals surface area contributed by atoms with Crippen molar-refractivity contribution in [2.75, 3.05) is 5.43 Å². The molecule has 0 heterocycles. The number of benzene rings is 1. The lowest BCUT2D eigenvalue weighted by molar-refractivity contribution is 0.0697. The van der Waals surface area contributed by atoms with E-state index in [2.05, 4.69) is 10.5 Å². The van der Waals surface area contributed by atoms with E-state index in [1.807, 2.05) is 22.6 Å². The summed E-state index contributed by atoms with van der Waals surface area (Å²) in [4.78, 5) is 10.7. The van der Waals surface area contributed by atoms with Gasteiger partial charge in [-0.2, -0.15) is 15.6 Å². The number of nitrogens with zero attached hydrogens (tertiary/aromatic N) is 3. The minimum absolute atomic E-state index is 0.157. The Labute approximate surface area is 110 Å². The van der Waals surface area contributed by atoms with Gasteiger partial charge in [0, 0.05) is 3.57 Å². The smallest absolute Gasteiger partial charge is 0.335 e. The summed E-state index contributed by atoms with van der Waals surface area (Å²) in [6, 6.07) is 7.58. The molecule has 0 atom stereocenters. The summed E-state index contributed by atoms with van der Waals surface area (Å²) in [5, 5.41) is 29.3. The molecular weight excluding hydrogens is 335 g/mol. The number of halogens is 1. The standard InChI is InChI=1S/C10H5IN4O2/c11-8-3-6(10(16)17)1-2-9(8)15-14-7(4-12)5-13/h1-3,15H,(H,16,17). The monoisotopic (exact) mass is 340 g/mol. The summed E-state index contributed by atoms with van der Waals surface area (Å²) in [7, 11) is 0. The maximum Gasteiger partial charge on any atom is 0.335 e. The number of carboxylic acid groups (broad SMARTS) is 1. The number of aromatic carboxylic acids is 1. The van der Waals surface area contributed by atoms with Crippen LogP contribution in [0, 0.1) is 26.2 Å². The number of hydrogen-bond acceptors (Lipinski definition) is 5. The fourth-order valence-electron chi connectivity index (χ4n) is 0.930. The van der Waals surface area contributed by atoms with Gasteiger partial charge in [0.25, 0.3) is 0 Å². The minimum Gasteiger partial charge on any atom is -0.478 e. The predicted octanol–water partition coefficient (Wildman–Crippen LogP) is 1.80. The first-order valence-electron chi connectivity index (χ1n) is 4.25. The van der Waals surface area contributed by atoms with Crippen LogP contribution in [-0.2, 0) is 0 Å². The third kappa shape index (κ3) is 3.43. The minimum atomic E-state index is -1.02. The van der Waals surface area contributed by atoms with E-state index in [1.54, 1.807) is 12.1 Å². The molecule has 0 unspecified atom stereocenters. The van der Waals surface area contributed by atoms with Gasteiger partial charge in [-0.25, -0.2) is 4.79 Å². The van der Waals surface area contributed by atoms with Crippen molar-refractivity contribution in [2.24, 2.45) is 5.10 Å². The molecule has 1 aromatic rings. The van der Waals surface area contributed by atoms with Crippen LogP contribution >= 0.6 is 22.6 Å². The molecule has 0 bridgehead atoms. The van der Waals surface area contributed by atoms with E-state index in [4.69, 9.17) is 15.6 Å². The van der Waals surface area contributed by atoms with Crippen LogP contribution in [0.25, 0.3) is 0 Å². The number of anilines is 1. The normalized spacial score (nSPS) is 8.65. The van der Waals surface area contributed by atoms with Crippen LogP contribution in [0.4, 0.5) is 5.69 Å². The molecule has 0 aliphatic carbocycles. The van der Waals surface area contributed by atoms with Gasteiger partial charge in [0.2, 0.25) is 5.71 Å². The first kappa shape index (κ1) is 12.9. The summed E-state index contributed by atoms with van der Waals surface area (Å²) in [5.74, 6) is -1.02. The first-order chi connectivity index (χ1) is 8.08. The van der Waals surface area contributed by atoms with Crippen molar-refractivity contribution in [1.82, 2.24) is 0 Å². The third-order valence-electron chi connectivity index (χ3n) is 1.72. The maximum absolute atomic E-state index is 10.7. The first-order valence-corrected chi connectivity index (χ1v) is 5.33. The molecule has 7 heteroatoms. The van der Waals surface area contributed by atoms with E-state index in [9.17, 15) is 4.79 Å². The third-order valence-corrected chi connectivity index (χ3v) is 2.61. The molecule has 0 fully saturated rings. The van der Waals surface area contributed by atoms with Gasteiger partial charge in [0.15, 0.2) is 0 Å². The SMILES string of the molecule is N#CC(C#N)=NNc1ccc(C(=O)O)cc1I. The largest absolute Gasteiger partial charge is 0.478 e. The lowest BCUT2D eigenvalue weighted by Gasteiger charge is -2.04.